The number of nitriles is 1. The molecule has 1 aromatic carbocycles. The van der Waals surface area contributed by atoms with Crippen molar-refractivity contribution in [2.75, 3.05) is 0 Å². The minimum atomic E-state index is -4.17. The minimum absolute atomic E-state index is 0.110. The van der Waals surface area contributed by atoms with Crippen molar-refractivity contribution in [3.63, 3.8) is 0 Å². The lowest BCUT2D eigenvalue weighted by Gasteiger charge is -2.16. The standard InChI is InChI=1S/C9H8Cl2NO3P/c10-8-4-2-1-3-7(8)9(5-6-12)15-16(11,13)14/h1-4,9H,5H2,(H,13,14). The number of hydrogen-bond donors (Lipinski definition) is 1. The normalized spacial score (nSPS) is 16.1. The molecule has 2 unspecified atom stereocenters. The fourth-order valence-electron chi connectivity index (χ4n) is 1.18. The van der Waals surface area contributed by atoms with E-state index in [-0.39, 0.29) is 6.42 Å². The smallest absolute Gasteiger partial charge is 0.313 e. The summed E-state index contributed by atoms with van der Waals surface area (Å²) in [6, 6.07) is 8.44. The van der Waals surface area contributed by atoms with Crippen molar-refractivity contribution in [2.45, 2.75) is 12.5 Å². The van der Waals surface area contributed by atoms with E-state index in [1.165, 1.54) is 0 Å². The van der Waals surface area contributed by atoms with Crippen LogP contribution in [0.15, 0.2) is 24.3 Å². The van der Waals surface area contributed by atoms with Crippen LogP contribution >= 0.6 is 29.8 Å². The van der Waals surface area contributed by atoms with Crippen LogP contribution in [0.1, 0.15) is 18.1 Å². The fourth-order valence-corrected chi connectivity index (χ4v) is 2.23. The zero-order valence-electron chi connectivity index (χ0n) is 8.01. The highest BCUT2D eigenvalue weighted by atomic mass is 35.7. The zero-order chi connectivity index (χ0) is 12.2. The van der Waals surface area contributed by atoms with Gasteiger partial charge in [0, 0.05) is 21.8 Å². The maximum atomic E-state index is 10.9. The average molecular weight is 280 g/mol. The molecule has 4 nitrogen and oxygen atoms in total. The molecule has 0 bridgehead atoms. The number of hydrogen-bond acceptors (Lipinski definition) is 3. The van der Waals surface area contributed by atoms with Crippen LogP contribution in [-0.2, 0) is 9.09 Å². The molecule has 0 spiro atoms. The molecule has 0 saturated heterocycles. The van der Waals surface area contributed by atoms with Crippen molar-refractivity contribution >= 4 is 29.8 Å². The van der Waals surface area contributed by atoms with Gasteiger partial charge >= 0.3 is 6.95 Å². The van der Waals surface area contributed by atoms with Gasteiger partial charge in [0.15, 0.2) is 0 Å². The van der Waals surface area contributed by atoms with Gasteiger partial charge in [-0.15, -0.1) is 0 Å². The predicted molar refractivity (Wildman–Crippen MR) is 61.2 cm³/mol. The van der Waals surface area contributed by atoms with Gasteiger partial charge in [-0.25, -0.2) is 4.57 Å². The summed E-state index contributed by atoms with van der Waals surface area (Å²) in [5, 5.41) is 8.95. The molecule has 1 rings (SSSR count). The van der Waals surface area contributed by atoms with Crippen LogP contribution in [0.4, 0.5) is 0 Å². The lowest BCUT2D eigenvalue weighted by molar-refractivity contribution is 0.190. The van der Waals surface area contributed by atoms with Crippen molar-refractivity contribution in [3.05, 3.63) is 34.9 Å². The van der Waals surface area contributed by atoms with Gasteiger partial charge in [0.1, 0.15) is 6.10 Å². The Hall–Kier alpha value is -0.560. The highest BCUT2D eigenvalue weighted by Crippen LogP contribution is 2.52. The summed E-state index contributed by atoms with van der Waals surface area (Å²) in [5.74, 6) is 0. The first-order valence-corrected chi connectivity index (χ1v) is 7.12. The summed E-state index contributed by atoms with van der Waals surface area (Å²) in [6.07, 6.45) is -1.02. The largest absolute Gasteiger partial charge is 0.422 e. The molecule has 0 fully saturated rings. The van der Waals surface area contributed by atoms with E-state index in [2.05, 4.69) is 0 Å². The van der Waals surface area contributed by atoms with Gasteiger partial charge in [0.2, 0.25) is 0 Å². The number of rotatable bonds is 4. The number of halogens is 2. The Balaban J connectivity index is 3.00. The summed E-state index contributed by atoms with van der Waals surface area (Å²) in [5.41, 5.74) is 0.459. The Morgan fingerprint density at radius 1 is 1.56 bits per heavy atom. The fraction of sp³-hybridized carbons (Fsp3) is 0.222. The molecule has 86 valence electrons. The first-order valence-electron chi connectivity index (χ1n) is 4.26. The lowest BCUT2D eigenvalue weighted by atomic mass is 10.1. The van der Waals surface area contributed by atoms with Crippen LogP contribution in [0, 0.1) is 11.3 Å². The molecule has 2 atom stereocenters. The first-order chi connectivity index (χ1) is 7.44. The van der Waals surface area contributed by atoms with E-state index in [4.69, 9.17) is 37.5 Å². The van der Waals surface area contributed by atoms with Crippen molar-refractivity contribution < 1.29 is 14.0 Å². The summed E-state index contributed by atoms with van der Waals surface area (Å²) < 4.78 is 15.6. The monoisotopic (exact) mass is 279 g/mol. The van der Waals surface area contributed by atoms with Gasteiger partial charge in [-0.1, -0.05) is 29.8 Å². The van der Waals surface area contributed by atoms with E-state index in [0.717, 1.165) is 0 Å². The summed E-state index contributed by atoms with van der Waals surface area (Å²) in [7, 11) is 0. The maximum Gasteiger partial charge on any atom is 0.422 e. The first kappa shape index (κ1) is 13.5. The molecule has 0 aliphatic carbocycles. The number of nitrogens with zero attached hydrogens (tertiary/aromatic N) is 1. The van der Waals surface area contributed by atoms with Crippen LogP contribution in [0.2, 0.25) is 5.02 Å². The molecular weight excluding hydrogens is 272 g/mol. The molecule has 0 radical (unpaired) electrons. The van der Waals surface area contributed by atoms with E-state index in [1.54, 1.807) is 24.3 Å². The summed E-state index contributed by atoms with van der Waals surface area (Å²) in [4.78, 5) is 8.91. The second-order valence-electron chi connectivity index (χ2n) is 2.93. The minimum Gasteiger partial charge on any atom is -0.313 e. The second kappa shape index (κ2) is 5.67. The van der Waals surface area contributed by atoms with E-state index >= 15 is 0 Å². The molecule has 1 N–H and O–H groups in total. The second-order valence-corrected chi connectivity index (χ2v) is 5.73. The van der Waals surface area contributed by atoms with Crippen molar-refractivity contribution in [2.24, 2.45) is 0 Å². The molecular formula is C9H8Cl2NO3P. The van der Waals surface area contributed by atoms with E-state index < -0.39 is 13.1 Å². The van der Waals surface area contributed by atoms with Crippen molar-refractivity contribution in [3.8, 4) is 6.07 Å². The molecule has 1 aromatic rings. The van der Waals surface area contributed by atoms with E-state index in [1.807, 2.05) is 6.07 Å². The topological polar surface area (TPSA) is 70.3 Å². The molecule has 7 heteroatoms. The van der Waals surface area contributed by atoms with Gasteiger partial charge in [-0.3, -0.25) is 4.52 Å². The Bertz CT molecular complexity index is 454. The molecule has 0 amide bonds. The predicted octanol–water partition coefficient (Wildman–Crippen LogP) is 3.65. The zero-order valence-corrected chi connectivity index (χ0v) is 10.4. The molecule has 0 heterocycles. The third-order valence-electron chi connectivity index (χ3n) is 1.79. The van der Waals surface area contributed by atoms with Gasteiger partial charge in [0.05, 0.1) is 12.5 Å². The van der Waals surface area contributed by atoms with Crippen LogP contribution in [0.3, 0.4) is 0 Å². The summed E-state index contributed by atoms with van der Waals surface area (Å²) in [6.45, 7) is -4.17. The molecule has 0 aromatic heterocycles. The Morgan fingerprint density at radius 3 is 2.69 bits per heavy atom. The van der Waals surface area contributed by atoms with Gasteiger partial charge in [0.25, 0.3) is 0 Å². The highest BCUT2D eigenvalue weighted by molar-refractivity contribution is 7.80. The van der Waals surface area contributed by atoms with Crippen molar-refractivity contribution in [1.29, 1.82) is 5.26 Å². The Kier molecular flexibility index (Phi) is 4.79. The Labute approximate surface area is 103 Å². The van der Waals surface area contributed by atoms with Gasteiger partial charge in [-0.2, -0.15) is 5.26 Å². The number of benzene rings is 1. The Morgan fingerprint density at radius 2 is 2.19 bits per heavy atom. The molecule has 0 aliphatic heterocycles. The van der Waals surface area contributed by atoms with Crippen molar-refractivity contribution in [1.82, 2.24) is 0 Å². The van der Waals surface area contributed by atoms with Crippen LogP contribution in [0.5, 0.6) is 0 Å². The SMILES string of the molecule is N#CCC(OP(=O)(O)Cl)c1ccccc1Cl. The summed E-state index contributed by atoms with van der Waals surface area (Å²) >= 11 is 11.0. The third-order valence-corrected chi connectivity index (χ3v) is 2.88. The van der Waals surface area contributed by atoms with Crippen LogP contribution in [-0.4, -0.2) is 4.89 Å². The van der Waals surface area contributed by atoms with E-state index in [0.29, 0.717) is 10.6 Å². The molecule has 16 heavy (non-hydrogen) atoms. The third kappa shape index (κ3) is 4.13. The maximum absolute atomic E-state index is 10.9. The highest BCUT2D eigenvalue weighted by Gasteiger charge is 2.24. The van der Waals surface area contributed by atoms with Crippen LogP contribution < -0.4 is 0 Å². The lowest BCUT2D eigenvalue weighted by Crippen LogP contribution is -2.01. The van der Waals surface area contributed by atoms with Gasteiger partial charge < -0.3 is 4.89 Å². The van der Waals surface area contributed by atoms with E-state index in [9.17, 15) is 4.57 Å². The molecule has 0 aliphatic rings. The van der Waals surface area contributed by atoms with Crippen LogP contribution in [0.25, 0.3) is 0 Å². The quantitative estimate of drug-likeness (QED) is 0.854. The van der Waals surface area contributed by atoms with Gasteiger partial charge in [-0.05, 0) is 6.07 Å². The molecule has 0 saturated carbocycles. The average Bonchev–Trinajstić information content (AvgIpc) is 2.16.